The number of aryl methyl sites for hydroxylation is 2. The van der Waals surface area contributed by atoms with Crippen molar-refractivity contribution in [3.05, 3.63) is 71.8 Å². The molecule has 0 N–H and O–H groups in total. The van der Waals surface area contributed by atoms with E-state index >= 15 is 0 Å². The van der Waals surface area contributed by atoms with Gasteiger partial charge in [-0.25, -0.2) is 4.99 Å². The summed E-state index contributed by atoms with van der Waals surface area (Å²) in [5.41, 5.74) is 5.74. The number of allylic oxidation sites excluding steroid dienone is 2. The number of unbranched alkanes of at least 4 members (excludes halogenated alkanes) is 17. The molecule has 0 aliphatic carbocycles. The van der Waals surface area contributed by atoms with Crippen molar-refractivity contribution in [1.29, 1.82) is 0 Å². The normalized spacial score (nSPS) is 11.9. The van der Waals surface area contributed by atoms with E-state index in [4.69, 9.17) is 9.98 Å². The van der Waals surface area contributed by atoms with Crippen molar-refractivity contribution in [3.8, 4) is 0 Å². The number of benzene rings is 2. The maximum Gasteiger partial charge on any atom is 0.0816 e. The van der Waals surface area contributed by atoms with Crippen LogP contribution >= 0.6 is 0 Å². The van der Waals surface area contributed by atoms with Crippen LogP contribution in [0.3, 0.4) is 0 Å². The van der Waals surface area contributed by atoms with Crippen LogP contribution in [0.4, 0.5) is 11.4 Å². The van der Waals surface area contributed by atoms with Gasteiger partial charge in [-0.2, -0.15) is 0 Å². The summed E-state index contributed by atoms with van der Waals surface area (Å²) >= 11 is 0. The molecule has 0 aliphatic rings. The van der Waals surface area contributed by atoms with Crippen LogP contribution in [-0.4, -0.2) is 11.9 Å². The molecule has 44 heavy (non-hydrogen) atoms. The molecule has 0 aliphatic heterocycles. The minimum atomic E-state index is 0. The molecule has 0 unspecified atom stereocenters. The molecular weight excluding hydrogens is 579 g/mol. The molecule has 0 saturated heterocycles. The number of rotatable bonds is 26. The van der Waals surface area contributed by atoms with Crippen molar-refractivity contribution >= 4 is 23.3 Å². The second-order valence-corrected chi connectivity index (χ2v) is 12.5. The zero-order valence-electron chi connectivity index (χ0n) is 28.6. The molecule has 0 bridgehead atoms. The fraction of sp³-hybridized carbons (Fsp3) is 0.610. The predicted molar refractivity (Wildman–Crippen MR) is 194 cm³/mol. The Morgan fingerprint density at radius 1 is 0.545 bits per heavy atom. The molecule has 3 heteroatoms. The summed E-state index contributed by atoms with van der Waals surface area (Å²) in [6.07, 6.45) is 35.4. The molecule has 2 aromatic rings. The van der Waals surface area contributed by atoms with Crippen molar-refractivity contribution in [2.24, 2.45) is 9.98 Å². The van der Waals surface area contributed by atoms with Crippen LogP contribution in [0.2, 0.25) is 0 Å². The van der Waals surface area contributed by atoms with Crippen LogP contribution in [0.1, 0.15) is 160 Å². The van der Waals surface area contributed by atoms with Crippen molar-refractivity contribution in [2.75, 3.05) is 0 Å². The van der Waals surface area contributed by atoms with E-state index in [-0.39, 0.29) is 16.5 Å². The van der Waals surface area contributed by atoms with Crippen LogP contribution in [0, 0.1) is 0 Å². The Hall–Kier alpha value is -1.99. The van der Waals surface area contributed by atoms with E-state index in [1.165, 1.54) is 127 Å². The van der Waals surface area contributed by atoms with Crippen LogP contribution in [0.5, 0.6) is 0 Å². The Balaban J connectivity index is 0.00000968. The van der Waals surface area contributed by atoms with Crippen molar-refractivity contribution in [3.63, 3.8) is 0 Å². The Labute approximate surface area is 282 Å². The zero-order chi connectivity index (χ0) is 30.6. The van der Waals surface area contributed by atoms with Gasteiger partial charge in [-0.3, -0.25) is 4.99 Å². The third-order valence-corrected chi connectivity index (χ3v) is 8.31. The van der Waals surface area contributed by atoms with E-state index < -0.39 is 0 Å². The van der Waals surface area contributed by atoms with Gasteiger partial charge in [0.05, 0.1) is 23.3 Å². The Kier molecular flexibility index (Phi) is 25.9. The van der Waals surface area contributed by atoms with Gasteiger partial charge in [0.2, 0.25) is 0 Å². The summed E-state index contributed by atoms with van der Waals surface area (Å²) in [7, 11) is 0. The molecule has 2 rings (SSSR count). The molecule has 0 atom stereocenters. The molecule has 0 spiro atoms. The molecule has 0 heterocycles. The quantitative estimate of drug-likeness (QED) is 0.0554. The second-order valence-electron chi connectivity index (χ2n) is 12.5. The Bertz CT molecular complexity index is 1040. The van der Waals surface area contributed by atoms with Gasteiger partial charge in [0.1, 0.15) is 0 Å². The average molecular weight is 644 g/mol. The molecule has 248 valence electrons. The van der Waals surface area contributed by atoms with E-state index in [9.17, 15) is 0 Å². The van der Waals surface area contributed by atoms with Gasteiger partial charge in [-0.1, -0.05) is 160 Å². The molecule has 0 radical (unpaired) electrons. The van der Waals surface area contributed by atoms with Crippen molar-refractivity contribution in [2.45, 2.75) is 162 Å². The monoisotopic (exact) mass is 642 g/mol. The van der Waals surface area contributed by atoms with E-state index in [1.807, 2.05) is 6.21 Å². The topological polar surface area (TPSA) is 24.7 Å². The molecule has 0 amide bonds. The summed E-state index contributed by atoms with van der Waals surface area (Å²) in [6.45, 7) is 6.79. The third-order valence-electron chi connectivity index (χ3n) is 8.31. The van der Waals surface area contributed by atoms with E-state index in [2.05, 4.69) is 81.5 Å². The van der Waals surface area contributed by atoms with Gasteiger partial charge in [0.15, 0.2) is 0 Å². The van der Waals surface area contributed by atoms with Crippen molar-refractivity contribution < 1.29 is 16.5 Å². The first-order chi connectivity index (χ1) is 21.2. The fourth-order valence-corrected chi connectivity index (χ4v) is 5.62. The smallest absolute Gasteiger partial charge is 0.0816 e. The first-order valence-corrected chi connectivity index (χ1v) is 18.2. The number of aliphatic imine (C=N–C) groups is 2. The second kappa shape index (κ2) is 28.5. The number of hydrogen-bond donors (Lipinski definition) is 0. The van der Waals surface area contributed by atoms with Gasteiger partial charge >= 0.3 is 0 Å². The predicted octanol–water partition coefficient (Wildman–Crippen LogP) is 13.7. The van der Waals surface area contributed by atoms with Crippen LogP contribution in [-0.2, 0) is 29.3 Å². The molecule has 2 aromatic carbocycles. The van der Waals surface area contributed by atoms with Gasteiger partial charge in [0.25, 0.3) is 0 Å². The number of hydrogen-bond acceptors (Lipinski definition) is 2. The molecule has 0 aromatic heterocycles. The van der Waals surface area contributed by atoms with Gasteiger partial charge in [-0.15, -0.1) is 0 Å². The molecular formula is C41H64N2Ni. The van der Waals surface area contributed by atoms with Crippen LogP contribution in [0.25, 0.3) is 0 Å². The fourth-order valence-electron chi connectivity index (χ4n) is 5.62. The van der Waals surface area contributed by atoms with E-state index in [1.54, 1.807) is 0 Å². The maximum atomic E-state index is 5.00. The summed E-state index contributed by atoms with van der Waals surface area (Å²) in [4.78, 5) is 9.86. The largest absolute Gasteiger partial charge is 0.255 e. The first kappa shape index (κ1) is 40.0. The Morgan fingerprint density at radius 2 is 1.00 bits per heavy atom. The summed E-state index contributed by atoms with van der Waals surface area (Å²) < 4.78 is 0. The van der Waals surface area contributed by atoms with Gasteiger partial charge in [0, 0.05) is 16.5 Å². The number of nitrogens with zero attached hydrogens (tertiary/aromatic N) is 2. The van der Waals surface area contributed by atoms with Crippen LogP contribution < -0.4 is 0 Å². The average Bonchev–Trinajstić information content (AvgIpc) is 3.02. The zero-order valence-corrected chi connectivity index (χ0v) is 29.6. The summed E-state index contributed by atoms with van der Waals surface area (Å²) in [6, 6.07) is 17.5. The van der Waals surface area contributed by atoms with E-state index in [0.29, 0.717) is 0 Å². The Morgan fingerprint density at radius 3 is 1.50 bits per heavy atom. The minimum absolute atomic E-state index is 0. The molecule has 0 saturated carbocycles. The summed E-state index contributed by atoms with van der Waals surface area (Å²) in [5.74, 6) is 0. The van der Waals surface area contributed by atoms with E-state index in [0.717, 1.165) is 42.8 Å². The molecule has 0 fully saturated rings. The SMILES string of the molecule is CCCC=CC(C=Nc1cccc(CCCCCCCCCCC)c1)=Nc1cccc(CCCCCCCCCCC)c1.[Ni]. The molecule has 2 nitrogen and oxygen atoms in total. The standard InChI is InChI=1S/C41H64N2.Ni/c1-4-7-10-12-14-16-18-20-23-27-37-29-25-32-39(34-37)42-36-41(31-22-9-6-3)43-40-33-26-30-38(35-40)28-24-21-19-17-15-13-11-8-5-2;/h22,25-26,29-36H,4-21,23-24,27-28H2,1-3H3;. The third kappa shape index (κ3) is 20.9. The van der Waals surface area contributed by atoms with Gasteiger partial charge < -0.3 is 0 Å². The maximum absolute atomic E-state index is 5.00. The first-order valence-electron chi connectivity index (χ1n) is 18.2. The van der Waals surface area contributed by atoms with Crippen molar-refractivity contribution in [1.82, 2.24) is 0 Å². The minimum Gasteiger partial charge on any atom is -0.255 e. The van der Waals surface area contributed by atoms with Gasteiger partial charge in [-0.05, 0) is 73.6 Å². The van der Waals surface area contributed by atoms with Crippen LogP contribution in [0.15, 0.2) is 70.7 Å². The summed E-state index contributed by atoms with van der Waals surface area (Å²) in [5, 5.41) is 0.